The number of anilines is 1. The molecule has 128 valence electrons. The summed E-state index contributed by atoms with van der Waals surface area (Å²) in [4.78, 5) is 14.0. The molecule has 0 aliphatic carbocycles. The number of piperazine rings is 1. The van der Waals surface area contributed by atoms with Crippen LogP contribution in [0, 0.1) is 0 Å². The highest BCUT2D eigenvalue weighted by molar-refractivity contribution is 5.89. The Morgan fingerprint density at radius 2 is 1.80 bits per heavy atom. The number of hydrogen-bond acceptors (Lipinski definition) is 5. The smallest absolute Gasteiger partial charge is 0.215 e. The van der Waals surface area contributed by atoms with E-state index in [2.05, 4.69) is 56.2 Å². The van der Waals surface area contributed by atoms with E-state index in [1.54, 1.807) is 7.11 Å². The minimum atomic E-state index is 0.641. The van der Waals surface area contributed by atoms with Crippen molar-refractivity contribution in [3.63, 3.8) is 0 Å². The minimum Gasteiger partial charge on any atom is -0.481 e. The zero-order valence-electron chi connectivity index (χ0n) is 14.4. The van der Waals surface area contributed by atoms with Gasteiger partial charge in [-0.2, -0.15) is 4.98 Å². The number of hydrogen-bond donors (Lipinski definition) is 0. The lowest BCUT2D eigenvalue weighted by Gasteiger charge is -2.35. The lowest BCUT2D eigenvalue weighted by Crippen LogP contribution is -2.46. The van der Waals surface area contributed by atoms with Gasteiger partial charge in [-0.1, -0.05) is 36.4 Å². The summed E-state index contributed by atoms with van der Waals surface area (Å²) in [6, 6.07) is 16.6. The zero-order valence-corrected chi connectivity index (χ0v) is 14.4. The molecule has 0 saturated carbocycles. The number of benzene rings is 1. The third kappa shape index (κ3) is 3.42. The molecule has 2 aromatic heterocycles. The minimum absolute atomic E-state index is 0.641. The van der Waals surface area contributed by atoms with Crippen LogP contribution in [0.3, 0.4) is 0 Å². The van der Waals surface area contributed by atoms with Gasteiger partial charge in [0, 0.05) is 50.4 Å². The summed E-state index contributed by atoms with van der Waals surface area (Å²) in [6.45, 7) is 4.92. The third-order valence-electron chi connectivity index (χ3n) is 4.68. The van der Waals surface area contributed by atoms with Gasteiger partial charge < -0.3 is 9.64 Å². The molecular formula is C20H22N4O. The maximum absolute atomic E-state index is 5.38. The Bertz CT molecular complexity index is 845. The fourth-order valence-electron chi connectivity index (χ4n) is 3.33. The van der Waals surface area contributed by atoms with Crippen LogP contribution in [0.4, 0.5) is 5.82 Å². The Balaban J connectivity index is 1.52. The molecule has 1 aliphatic rings. The van der Waals surface area contributed by atoms with Crippen molar-refractivity contribution in [2.24, 2.45) is 0 Å². The molecular weight excluding hydrogens is 312 g/mol. The van der Waals surface area contributed by atoms with Gasteiger partial charge in [0.05, 0.1) is 7.11 Å². The number of methoxy groups -OCH3 is 1. The van der Waals surface area contributed by atoms with E-state index in [9.17, 15) is 0 Å². The van der Waals surface area contributed by atoms with Crippen molar-refractivity contribution >= 4 is 16.7 Å². The first-order valence-corrected chi connectivity index (χ1v) is 8.64. The number of fused-ring (bicyclic) bond motifs is 1. The van der Waals surface area contributed by atoms with Crippen molar-refractivity contribution in [2.75, 3.05) is 38.2 Å². The molecule has 0 N–H and O–H groups in total. The van der Waals surface area contributed by atoms with Crippen molar-refractivity contribution < 1.29 is 4.74 Å². The lowest BCUT2D eigenvalue weighted by molar-refractivity contribution is 0.249. The molecule has 1 aromatic carbocycles. The average molecular weight is 334 g/mol. The van der Waals surface area contributed by atoms with Crippen LogP contribution in [0.15, 0.2) is 54.7 Å². The Morgan fingerprint density at radius 3 is 2.56 bits per heavy atom. The molecule has 4 rings (SSSR count). The number of nitrogens with zero attached hydrogens (tertiary/aromatic N) is 4. The molecule has 0 unspecified atom stereocenters. The van der Waals surface area contributed by atoms with Crippen LogP contribution >= 0.6 is 0 Å². The first-order chi connectivity index (χ1) is 12.3. The van der Waals surface area contributed by atoms with Gasteiger partial charge in [0.25, 0.3) is 0 Å². The van der Waals surface area contributed by atoms with E-state index in [0.29, 0.717) is 5.88 Å². The second-order valence-corrected chi connectivity index (χ2v) is 6.31. The SMILES string of the molecule is COc1cc2cccnc2c(N2CCN(Cc3ccccc3)CC2)n1. The third-order valence-corrected chi connectivity index (χ3v) is 4.68. The molecule has 1 saturated heterocycles. The number of ether oxygens (including phenoxy) is 1. The summed E-state index contributed by atoms with van der Waals surface area (Å²) in [5.74, 6) is 1.57. The maximum Gasteiger partial charge on any atom is 0.215 e. The highest BCUT2D eigenvalue weighted by atomic mass is 16.5. The van der Waals surface area contributed by atoms with E-state index in [4.69, 9.17) is 4.74 Å². The van der Waals surface area contributed by atoms with Crippen LogP contribution < -0.4 is 9.64 Å². The highest BCUT2D eigenvalue weighted by Gasteiger charge is 2.21. The van der Waals surface area contributed by atoms with E-state index < -0.39 is 0 Å². The first-order valence-electron chi connectivity index (χ1n) is 8.64. The molecule has 1 aliphatic heterocycles. The zero-order chi connectivity index (χ0) is 17.1. The molecule has 25 heavy (non-hydrogen) atoms. The van der Waals surface area contributed by atoms with Crippen molar-refractivity contribution in [3.05, 3.63) is 60.3 Å². The Morgan fingerprint density at radius 1 is 1.00 bits per heavy atom. The maximum atomic E-state index is 5.38. The van der Waals surface area contributed by atoms with Crippen LogP contribution in [-0.4, -0.2) is 48.2 Å². The van der Waals surface area contributed by atoms with Crippen molar-refractivity contribution in [1.82, 2.24) is 14.9 Å². The predicted molar refractivity (Wildman–Crippen MR) is 100 cm³/mol. The quantitative estimate of drug-likeness (QED) is 0.734. The predicted octanol–water partition coefficient (Wildman–Crippen LogP) is 2.96. The second-order valence-electron chi connectivity index (χ2n) is 6.31. The van der Waals surface area contributed by atoms with Gasteiger partial charge in [-0.3, -0.25) is 9.88 Å². The standard InChI is InChI=1S/C20H22N4O/c1-25-18-14-17-8-5-9-21-19(17)20(22-18)24-12-10-23(11-13-24)15-16-6-3-2-4-7-16/h2-9,14H,10-13,15H2,1H3. The van der Waals surface area contributed by atoms with Gasteiger partial charge in [-0.15, -0.1) is 0 Å². The topological polar surface area (TPSA) is 41.5 Å². The molecule has 5 nitrogen and oxygen atoms in total. The van der Waals surface area contributed by atoms with E-state index in [1.807, 2.05) is 18.3 Å². The fraction of sp³-hybridized carbons (Fsp3) is 0.300. The Kier molecular flexibility index (Phi) is 4.48. The van der Waals surface area contributed by atoms with Crippen molar-refractivity contribution in [3.8, 4) is 5.88 Å². The molecule has 5 heteroatoms. The van der Waals surface area contributed by atoms with Crippen molar-refractivity contribution in [2.45, 2.75) is 6.54 Å². The van der Waals surface area contributed by atoms with Crippen LogP contribution in [-0.2, 0) is 6.54 Å². The van der Waals surface area contributed by atoms with Gasteiger partial charge in [-0.25, -0.2) is 0 Å². The van der Waals surface area contributed by atoms with Crippen LogP contribution in [0.5, 0.6) is 5.88 Å². The Labute approximate surface area is 147 Å². The van der Waals surface area contributed by atoms with Gasteiger partial charge in [-0.05, 0) is 11.6 Å². The molecule has 0 atom stereocenters. The normalized spacial score (nSPS) is 15.5. The molecule has 0 bridgehead atoms. The van der Waals surface area contributed by atoms with E-state index in [1.165, 1.54) is 5.56 Å². The summed E-state index contributed by atoms with van der Waals surface area (Å²) in [6.07, 6.45) is 1.83. The van der Waals surface area contributed by atoms with Crippen LogP contribution in [0.1, 0.15) is 5.56 Å². The second kappa shape index (κ2) is 7.07. The van der Waals surface area contributed by atoms with Gasteiger partial charge in [0.15, 0.2) is 5.82 Å². The molecule has 0 radical (unpaired) electrons. The highest BCUT2D eigenvalue weighted by Crippen LogP contribution is 2.27. The van der Waals surface area contributed by atoms with Gasteiger partial charge in [0.1, 0.15) is 5.52 Å². The van der Waals surface area contributed by atoms with Crippen molar-refractivity contribution in [1.29, 1.82) is 0 Å². The summed E-state index contributed by atoms with van der Waals surface area (Å²) < 4.78 is 5.38. The molecule has 3 aromatic rings. The number of aromatic nitrogens is 2. The van der Waals surface area contributed by atoms with Gasteiger partial charge >= 0.3 is 0 Å². The number of pyridine rings is 2. The first kappa shape index (κ1) is 15.8. The van der Waals surface area contributed by atoms with E-state index in [-0.39, 0.29) is 0 Å². The van der Waals surface area contributed by atoms with Gasteiger partial charge in [0.2, 0.25) is 5.88 Å². The lowest BCUT2D eigenvalue weighted by atomic mass is 10.2. The number of rotatable bonds is 4. The average Bonchev–Trinajstić information content (AvgIpc) is 2.68. The fourth-order valence-corrected chi connectivity index (χ4v) is 3.33. The van der Waals surface area contributed by atoms with Crippen LogP contribution in [0.25, 0.3) is 10.9 Å². The summed E-state index contributed by atoms with van der Waals surface area (Å²) >= 11 is 0. The molecule has 0 spiro atoms. The summed E-state index contributed by atoms with van der Waals surface area (Å²) in [5.41, 5.74) is 2.31. The van der Waals surface area contributed by atoms with Crippen LogP contribution in [0.2, 0.25) is 0 Å². The molecule has 3 heterocycles. The molecule has 1 fully saturated rings. The summed E-state index contributed by atoms with van der Waals surface area (Å²) in [7, 11) is 1.66. The Hall–Kier alpha value is -2.66. The van der Waals surface area contributed by atoms with E-state index in [0.717, 1.165) is 49.4 Å². The monoisotopic (exact) mass is 334 g/mol. The molecule has 0 amide bonds. The van der Waals surface area contributed by atoms with E-state index >= 15 is 0 Å². The summed E-state index contributed by atoms with van der Waals surface area (Å²) in [5, 5.41) is 1.07. The largest absolute Gasteiger partial charge is 0.481 e.